The molecule has 0 radical (unpaired) electrons. The summed E-state index contributed by atoms with van der Waals surface area (Å²) in [5.74, 6) is 0.866. The van der Waals surface area contributed by atoms with E-state index >= 15 is 0 Å². The Morgan fingerprint density at radius 3 is 2.29 bits per heavy atom. The van der Waals surface area contributed by atoms with Gasteiger partial charge < -0.3 is 15.0 Å². The molecule has 1 rings (SSSR count). The Kier molecular flexibility index (Phi) is 8.21. The summed E-state index contributed by atoms with van der Waals surface area (Å²) in [6, 6.07) is 0.330. The van der Waals surface area contributed by atoms with Gasteiger partial charge in [-0.2, -0.15) is 0 Å². The number of likely N-dealkylation sites (tertiary alicyclic amines) is 1. The number of hydrogen-bond acceptors (Lipinski definition) is 3. The number of amides is 1. The lowest BCUT2D eigenvalue weighted by Crippen LogP contribution is -2.48. The molecule has 1 amide bonds. The van der Waals surface area contributed by atoms with Gasteiger partial charge in [-0.3, -0.25) is 4.79 Å². The van der Waals surface area contributed by atoms with Crippen LogP contribution in [0.2, 0.25) is 0 Å². The molecule has 0 aromatic heterocycles. The van der Waals surface area contributed by atoms with Crippen LogP contribution in [0.4, 0.5) is 0 Å². The van der Waals surface area contributed by atoms with Gasteiger partial charge in [0.25, 0.3) is 0 Å². The minimum absolute atomic E-state index is 0.106. The van der Waals surface area contributed by atoms with E-state index in [1.165, 1.54) is 6.42 Å². The Morgan fingerprint density at radius 1 is 1.17 bits per heavy atom. The van der Waals surface area contributed by atoms with E-state index < -0.39 is 0 Å². The van der Waals surface area contributed by atoms with Gasteiger partial charge in [0.15, 0.2) is 0 Å². The average molecular weight is 341 g/mol. The van der Waals surface area contributed by atoms with Gasteiger partial charge in [-0.25, -0.2) is 0 Å². The molecule has 0 atom stereocenters. The first-order valence-corrected chi connectivity index (χ1v) is 9.65. The molecule has 4 nitrogen and oxygen atoms in total. The lowest BCUT2D eigenvalue weighted by Gasteiger charge is -2.33. The number of nitrogens with one attached hydrogen (secondary N) is 1. The first kappa shape index (κ1) is 21.4. The van der Waals surface area contributed by atoms with E-state index in [4.69, 9.17) is 4.74 Å². The summed E-state index contributed by atoms with van der Waals surface area (Å²) in [5.41, 5.74) is -0.484. The smallest absolute Gasteiger partial charge is 0.225 e. The Morgan fingerprint density at radius 2 is 1.75 bits per heavy atom. The molecule has 0 aliphatic carbocycles. The quantitative estimate of drug-likeness (QED) is 0.693. The van der Waals surface area contributed by atoms with Crippen LogP contribution in [0, 0.1) is 11.3 Å². The van der Waals surface area contributed by atoms with Crippen LogP contribution in [0.5, 0.6) is 0 Å². The van der Waals surface area contributed by atoms with Crippen molar-refractivity contribution in [3.05, 3.63) is 0 Å². The second-order valence-electron chi connectivity index (χ2n) is 9.23. The number of carbonyl (C=O) groups excluding carboxylic acids is 1. The van der Waals surface area contributed by atoms with E-state index in [9.17, 15) is 4.79 Å². The van der Waals surface area contributed by atoms with Crippen molar-refractivity contribution in [1.29, 1.82) is 0 Å². The van der Waals surface area contributed by atoms with Crippen molar-refractivity contribution < 1.29 is 9.53 Å². The number of piperidine rings is 1. The monoisotopic (exact) mass is 340 g/mol. The maximum atomic E-state index is 12.6. The highest BCUT2D eigenvalue weighted by Gasteiger charge is 2.31. The third-order valence-electron chi connectivity index (χ3n) is 5.21. The summed E-state index contributed by atoms with van der Waals surface area (Å²) in [6.07, 6.45) is 5.10. The topological polar surface area (TPSA) is 41.6 Å². The summed E-state index contributed by atoms with van der Waals surface area (Å²) in [5, 5.41) is 3.25. The van der Waals surface area contributed by atoms with E-state index in [1.807, 2.05) is 13.8 Å². The molecule has 1 heterocycles. The molecule has 0 aromatic rings. The molecule has 1 saturated heterocycles. The van der Waals surface area contributed by atoms with E-state index in [1.54, 1.807) is 0 Å². The molecular formula is C20H40N2O2. The molecule has 0 aromatic carbocycles. The summed E-state index contributed by atoms with van der Waals surface area (Å²) >= 11 is 0. The van der Waals surface area contributed by atoms with E-state index in [2.05, 4.69) is 45.0 Å². The SMILES string of the molecule is CC(C)CCC(C)(C)OCCC(C)(C)C(=O)NC1CCN(C)CC1. The van der Waals surface area contributed by atoms with Crippen LogP contribution in [0.25, 0.3) is 0 Å². The van der Waals surface area contributed by atoms with Crippen molar-refractivity contribution in [2.24, 2.45) is 11.3 Å². The summed E-state index contributed by atoms with van der Waals surface area (Å²) in [7, 11) is 2.14. The maximum absolute atomic E-state index is 12.6. The molecule has 0 spiro atoms. The molecule has 4 heteroatoms. The molecule has 1 fully saturated rings. The first-order chi connectivity index (χ1) is 11.0. The Balaban J connectivity index is 2.35. The number of rotatable bonds is 9. The Labute approximate surface area is 149 Å². The summed E-state index contributed by atoms with van der Waals surface area (Å²) in [6.45, 7) is 15.6. The number of nitrogens with zero attached hydrogens (tertiary/aromatic N) is 1. The fraction of sp³-hybridized carbons (Fsp3) is 0.950. The fourth-order valence-electron chi connectivity index (χ4n) is 2.94. The van der Waals surface area contributed by atoms with Crippen LogP contribution in [0.15, 0.2) is 0 Å². The molecule has 142 valence electrons. The van der Waals surface area contributed by atoms with Crippen molar-refractivity contribution in [1.82, 2.24) is 10.2 Å². The lowest BCUT2D eigenvalue weighted by atomic mass is 9.87. The standard InChI is InChI=1S/C20H40N2O2/c1-16(2)8-11-20(5,6)24-15-12-19(3,4)18(23)21-17-9-13-22(7)14-10-17/h16-17H,8-15H2,1-7H3,(H,21,23). The zero-order chi connectivity index (χ0) is 18.4. The molecule has 0 unspecified atom stereocenters. The molecule has 1 aliphatic rings. The molecule has 1 aliphatic heterocycles. The van der Waals surface area contributed by atoms with Crippen LogP contribution in [-0.2, 0) is 9.53 Å². The molecular weight excluding hydrogens is 300 g/mol. The van der Waals surface area contributed by atoms with Crippen molar-refractivity contribution >= 4 is 5.91 Å². The van der Waals surface area contributed by atoms with Gasteiger partial charge in [-0.15, -0.1) is 0 Å². The number of hydrogen-bond donors (Lipinski definition) is 1. The highest BCUT2D eigenvalue weighted by Crippen LogP contribution is 2.25. The molecule has 1 N–H and O–H groups in total. The molecule has 24 heavy (non-hydrogen) atoms. The fourth-order valence-corrected chi connectivity index (χ4v) is 2.94. The third-order valence-corrected chi connectivity index (χ3v) is 5.21. The van der Waals surface area contributed by atoms with Gasteiger partial charge in [0.05, 0.1) is 5.60 Å². The Bertz CT molecular complexity index is 383. The maximum Gasteiger partial charge on any atom is 0.225 e. The zero-order valence-corrected chi connectivity index (χ0v) is 17.1. The van der Waals surface area contributed by atoms with Crippen LogP contribution in [-0.4, -0.2) is 49.2 Å². The highest BCUT2D eigenvalue weighted by molar-refractivity contribution is 5.82. The van der Waals surface area contributed by atoms with Gasteiger partial charge in [0, 0.05) is 18.1 Å². The largest absolute Gasteiger partial charge is 0.376 e. The van der Waals surface area contributed by atoms with Crippen molar-refractivity contribution in [2.45, 2.75) is 85.3 Å². The highest BCUT2D eigenvalue weighted by atomic mass is 16.5. The van der Waals surface area contributed by atoms with E-state index in [0.29, 0.717) is 18.6 Å². The first-order valence-electron chi connectivity index (χ1n) is 9.65. The normalized spacial score (nSPS) is 18.2. The van der Waals surface area contributed by atoms with Crippen molar-refractivity contribution in [3.8, 4) is 0 Å². The van der Waals surface area contributed by atoms with Gasteiger partial charge in [0.1, 0.15) is 0 Å². The molecule has 0 saturated carbocycles. The third kappa shape index (κ3) is 7.98. The average Bonchev–Trinajstić information content (AvgIpc) is 2.47. The second kappa shape index (κ2) is 9.19. The van der Waals surface area contributed by atoms with Crippen LogP contribution < -0.4 is 5.32 Å². The van der Waals surface area contributed by atoms with Crippen molar-refractivity contribution in [2.75, 3.05) is 26.7 Å². The summed E-state index contributed by atoms with van der Waals surface area (Å²) in [4.78, 5) is 14.9. The van der Waals surface area contributed by atoms with Crippen LogP contribution in [0.3, 0.4) is 0 Å². The number of ether oxygens (including phenoxy) is 1. The summed E-state index contributed by atoms with van der Waals surface area (Å²) < 4.78 is 6.08. The molecule has 0 bridgehead atoms. The number of carbonyl (C=O) groups is 1. The lowest BCUT2D eigenvalue weighted by molar-refractivity contribution is -0.132. The van der Waals surface area contributed by atoms with E-state index in [-0.39, 0.29) is 16.9 Å². The minimum Gasteiger partial charge on any atom is -0.376 e. The van der Waals surface area contributed by atoms with Gasteiger partial charge in [-0.05, 0) is 72.0 Å². The Hall–Kier alpha value is -0.610. The van der Waals surface area contributed by atoms with Gasteiger partial charge in [0.2, 0.25) is 5.91 Å². The minimum atomic E-state index is -0.378. The van der Waals surface area contributed by atoms with Crippen LogP contribution >= 0.6 is 0 Å². The van der Waals surface area contributed by atoms with Gasteiger partial charge >= 0.3 is 0 Å². The van der Waals surface area contributed by atoms with Crippen molar-refractivity contribution in [3.63, 3.8) is 0 Å². The second-order valence-corrected chi connectivity index (χ2v) is 9.23. The van der Waals surface area contributed by atoms with E-state index in [0.717, 1.165) is 38.8 Å². The predicted molar refractivity (Wildman–Crippen MR) is 101 cm³/mol. The van der Waals surface area contributed by atoms with Gasteiger partial charge in [-0.1, -0.05) is 27.7 Å². The zero-order valence-electron chi connectivity index (χ0n) is 17.1. The van der Waals surface area contributed by atoms with Crippen LogP contribution in [0.1, 0.15) is 73.6 Å². The predicted octanol–water partition coefficient (Wildman–Crippen LogP) is 3.84.